The van der Waals surface area contributed by atoms with Gasteiger partial charge in [-0.2, -0.15) is 0 Å². The zero-order valence-corrected chi connectivity index (χ0v) is 39.8. The van der Waals surface area contributed by atoms with Crippen LogP contribution in [0.15, 0.2) is 203 Å². The molecule has 9 aliphatic carbocycles. The molecule has 0 bridgehead atoms. The monoisotopic (exact) mass is 887 g/mol. The largest absolute Gasteiger partial charge is 0.341 e. The minimum absolute atomic E-state index is 0.389. The van der Waals surface area contributed by atoms with Crippen molar-refractivity contribution < 1.29 is 0 Å². The summed E-state index contributed by atoms with van der Waals surface area (Å²) in [5.41, 5.74) is 17.8. The van der Waals surface area contributed by atoms with E-state index >= 15 is 0 Å². The van der Waals surface area contributed by atoms with E-state index in [-0.39, 0.29) is 0 Å². The molecular weight excluding hydrogens is 821 g/mol. The molecule has 13 rings (SSSR count). The number of hydrogen-bond acceptors (Lipinski definition) is 1. The van der Waals surface area contributed by atoms with Gasteiger partial charge in [0.2, 0.25) is 0 Å². The first-order valence-corrected chi connectivity index (χ1v) is 26.6. The maximum atomic E-state index is 2.82. The second-order valence-electron chi connectivity index (χ2n) is 21.3. The van der Waals surface area contributed by atoms with Gasteiger partial charge in [0, 0.05) is 50.8 Å². The van der Waals surface area contributed by atoms with Crippen molar-refractivity contribution in [2.45, 2.75) is 108 Å². The first kappa shape index (κ1) is 42.0. The van der Waals surface area contributed by atoms with Crippen LogP contribution in [-0.2, 0) is 0 Å². The summed E-state index contributed by atoms with van der Waals surface area (Å²) in [5, 5.41) is 4.18. The average Bonchev–Trinajstić information content (AvgIpc) is 3.94. The first-order chi connectivity index (χ1) is 33.7. The van der Waals surface area contributed by atoms with Gasteiger partial charge in [-0.15, -0.1) is 0 Å². The minimum atomic E-state index is 0.389. The third-order valence-corrected chi connectivity index (χ3v) is 17.3. The maximum Gasteiger partial charge on any atom is 0.0585 e. The van der Waals surface area contributed by atoms with E-state index in [1.165, 1.54) is 93.7 Å². The lowest BCUT2D eigenvalue weighted by atomic mass is 9.73. The van der Waals surface area contributed by atoms with Crippen molar-refractivity contribution in [1.82, 2.24) is 9.47 Å². The second kappa shape index (κ2) is 18.1. The molecule has 0 saturated carbocycles. The van der Waals surface area contributed by atoms with E-state index in [0.29, 0.717) is 41.5 Å². The molecule has 2 heterocycles. The highest BCUT2D eigenvalue weighted by Crippen LogP contribution is 2.50. The third-order valence-electron chi connectivity index (χ3n) is 17.3. The van der Waals surface area contributed by atoms with Crippen molar-refractivity contribution in [3.05, 3.63) is 225 Å². The fraction of sp³-hybridized carbons (Fsp3) is 0.333. The van der Waals surface area contributed by atoms with E-state index < -0.39 is 0 Å². The van der Waals surface area contributed by atoms with E-state index in [1.54, 1.807) is 28.0 Å². The molecule has 10 aliphatic rings. The molecule has 1 aliphatic heterocycles. The van der Waals surface area contributed by atoms with E-state index in [1.807, 2.05) is 0 Å². The van der Waals surface area contributed by atoms with Crippen LogP contribution >= 0.6 is 0 Å². The highest BCUT2D eigenvalue weighted by molar-refractivity contribution is 5.87. The second-order valence-corrected chi connectivity index (χ2v) is 21.3. The van der Waals surface area contributed by atoms with Gasteiger partial charge in [0.25, 0.3) is 0 Å². The topological polar surface area (TPSA) is 8.17 Å². The van der Waals surface area contributed by atoms with Crippen molar-refractivity contribution in [1.29, 1.82) is 0 Å². The molecule has 7 atom stereocenters. The van der Waals surface area contributed by atoms with Crippen molar-refractivity contribution in [2.24, 2.45) is 29.6 Å². The van der Waals surface area contributed by atoms with Crippen LogP contribution in [0.25, 0.3) is 34.3 Å². The van der Waals surface area contributed by atoms with Crippen molar-refractivity contribution >= 4 is 34.3 Å². The predicted octanol–water partition coefficient (Wildman–Crippen LogP) is 15.1. The van der Waals surface area contributed by atoms with Gasteiger partial charge in [0.05, 0.1) is 11.6 Å². The maximum absolute atomic E-state index is 2.82. The van der Waals surface area contributed by atoms with Gasteiger partial charge in [-0.05, 0) is 171 Å². The number of para-hydroxylation sites is 1. The lowest BCUT2D eigenvalue weighted by molar-refractivity contribution is 0.272. The van der Waals surface area contributed by atoms with Crippen molar-refractivity contribution in [3.63, 3.8) is 0 Å². The lowest BCUT2D eigenvalue weighted by Crippen LogP contribution is -2.38. The quantitative estimate of drug-likeness (QED) is 0.205. The molecule has 2 nitrogen and oxygen atoms in total. The summed E-state index contributed by atoms with van der Waals surface area (Å²) in [5.74, 6) is 3.09. The van der Waals surface area contributed by atoms with Crippen molar-refractivity contribution in [2.75, 3.05) is 0 Å². The van der Waals surface area contributed by atoms with Crippen LogP contribution in [0, 0.1) is 29.6 Å². The normalized spacial score (nSPS) is 29.4. The molecule has 7 unspecified atom stereocenters. The molecular formula is C66H66N2. The van der Waals surface area contributed by atoms with E-state index in [4.69, 9.17) is 0 Å². The Labute approximate surface area is 404 Å². The Hall–Kier alpha value is -6.12. The Kier molecular flexibility index (Phi) is 11.2. The number of fused-ring (bicyclic) bond motifs is 5. The molecule has 1 aromatic heterocycles. The third kappa shape index (κ3) is 7.73. The van der Waals surface area contributed by atoms with Gasteiger partial charge >= 0.3 is 0 Å². The van der Waals surface area contributed by atoms with Crippen molar-refractivity contribution in [3.8, 4) is 0 Å². The Morgan fingerprint density at radius 1 is 0.618 bits per heavy atom. The molecule has 68 heavy (non-hydrogen) atoms. The standard InChI is InChI=1S/C66H66N2/c1-4-15-45(16-5-1)50-21-14-22-51(39-50)48-27-33-57(34-28-48)67-63-25-12-10-23-59(63)61-43-52(31-37-65(61)67)53-32-38-66-62(44-53)60-24-11-13-26-64(60)68(66)58-35-29-49(30-36-58)56-41-54(46-17-6-2-7-18-46)40-55(42-56)47-19-8-3-9-20-47/h2,4,6,8,10-12,14-16,19-25,27,29,32-35,37-41,43,46,48,52-53,56,62,66H,1,3,5,7,9,13,17-18,26,28,30-31,36,42,44H2. The summed E-state index contributed by atoms with van der Waals surface area (Å²) in [7, 11) is 0. The van der Waals surface area contributed by atoms with Gasteiger partial charge < -0.3 is 9.47 Å². The van der Waals surface area contributed by atoms with Crippen LogP contribution in [-0.4, -0.2) is 15.5 Å². The van der Waals surface area contributed by atoms with Gasteiger partial charge in [-0.25, -0.2) is 0 Å². The molecule has 3 aromatic rings. The van der Waals surface area contributed by atoms with Gasteiger partial charge in [0.1, 0.15) is 0 Å². The highest BCUT2D eigenvalue weighted by Gasteiger charge is 2.44. The summed E-state index contributed by atoms with van der Waals surface area (Å²) >= 11 is 0. The number of allylic oxidation sites excluding steroid dienone is 26. The minimum Gasteiger partial charge on any atom is -0.341 e. The molecule has 0 saturated heterocycles. The summed E-state index contributed by atoms with van der Waals surface area (Å²) in [6.45, 7) is 0. The number of hydrogen-bond donors (Lipinski definition) is 0. The summed E-state index contributed by atoms with van der Waals surface area (Å²) in [6.07, 6.45) is 69.6. The number of aromatic nitrogens is 1. The smallest absolute Gasteiger partial charge is 0.0585 e. The van der Waals surface area contributed by atoms with Gasteiger partial charge in [-0.3, -0.25) is 0 Å². The summed E-state index contributed by atoms with van der Waals surface area (Å²) in [6, 6.07) is 18.8. The SMILES string of the molecule is C1=CC(C2=CC(C3CC=CCC3)=CC(C3=CC=C(N4C5=C(C=CCC5)C5CC(C6C=c7c(n(C8=CCC(c9cccc(C%10=CCCC=C%10)c9)C=C8)c8ccccc78)=CC6)C=CC54)CC3)C2)=CCC1. The summed E-state index contributed by atoms with van der Waals surface area (Å²) in [4.78, 5) is 2.82. The van der Waals surface area contributed by atoms with Crippen LogP contribution in [0.2, 0.25) is 0 Å². The lowest BCUT2D eigenvalue weighted by Gasteiger charge is -2.38. The zero-order valence-electron chi connectivity index (χ0n) is 39.8. The zero-order chi connectivity index (χ0) is 45.0. The highest BCUT2D eigenvalue weighted by atomic mass is 15.2. The van der Waals surface area contributed by atoms with Gasteiger partial charge in [0.15, 0.2) is 0 Å². The molecule has 0 amide bonds. The van der Waals surface area contributed by atoms with Crippen LogP contribution in [0.1, 0.15) is 113 Å². The average molecular weight is 887 g/mol. The van der Waals surface area contributed by atoms with Gasteiger partial charge in [-0.1, -0.05) is 163 Å². The Morgan fingerprint density at radius 3 is 2.34 bits per heavy atom. The number of rotatable bonds is 8. The predicted molar refractivity (Wildman–Crippen MR) is 286 cm³/mol. The summed E-state index contributed by atoms with van der Waals surface area (Å²) < 4.78 is 2.56. The van der Waals surface area contributed by atoms with Crippen LogP contribution in [0.5, 0.6) is 0 Å². The fourth-order valence-corrected chi connectivity index (χ4v) is 13.8. The molecule has 340 valence electrons. The van der Waals surface area contributed by atoms with Crippen LogP contribution < -0.4 is 10.6 Å². The molecule has 0 spiro atoms. The number of nitrogens with zero attached hydrogens (tertiary/aromatic N) is 2. The molecule has 0 fully saturated rings. The Morgan fingerprint density at radius 2 is 1.51 bits per heavy atom. The van der Waals surface area contributed by atoms with E-state index in [0.717, 1.165) is 57.8 Å². The molecule has 2 aromatic carbocycles. The van der Waals surface area contributed by atoms with E-state index in [9.17, 15) is 0 Å². The molecule has 0 N–H and O–H groups in total. The molecule has 2 heteroatoms. The Bertz CT molecular complexity index is 3140. The molecule has 0 radical (unpaired) electrons. The van der Waals surface area contributed by atoms with E-state index in [2.05, 4.69) is 186 Å². The Balaban J connectivity index is 0.756. The van der Waals surface area contributed by atoms with Crippen LogP contribution in [0.4, 0.5) is 0 Å². The first-order valence-electron chi connectivity index (χ1n) is 26.6. The number of benzene rings is 2. The fourth-order valence-electron chi connectivity index (χ4n) is 13.8. The van der Waals surface area contributed by atoms with Crippen LogP contribution in [0.3, 0.4) is 0 Å².